The molecule has 0 aliphatic carbocycles. The smallest absolute Gasteiger partial charge is 0.319 e. The first kappa shape index (κ1) is 12.8. The zero-order valence-corrected chi connectivity index (χ0v) is 9.87. The van der Waals surface area contributed by atoms with Crippen molar-refractivity contribution >= 4 is 16.0 Å². The van der Waals surface area contributed by atoms with Crippen LogP contribution in [0.4, 0.5) is 0 Å². The Bertz CT molecular complexity index is 154. The molecule has 0 fully saturated rings. The van der Waals surface area contributed by atoms with Crippen molar-refractivity contribution in [2.45, 2.75) is 6.42 Å². The van der Waals surface area contributed by atoms with Gasteiger partial charge in [0.15, 0.2) is 0 Å². The molecule has 0 aliphatic heterocycles. The number of esters is 1. The number of ether oxygens (including phenoxy) is 1. The number of carbonyl (C=O) groups is 1. The molecule has 4 heteroatoms. The lowest BCUT2D eigenvalue weighted by Gasteiger charge is -2.24. The van der Waals surface area contributed by atoms with E-state index in [0.29, 0.717) is 13.2 Å². The number of likely N-dealkylation sites (N-methyl/N-ethyl adjacent to an activating group) is 1. The van der Waals surface area contributed by atoms with Gasteiger partial charge in [0.05, 0.1) is 13.2 Å². The van der Waals surface area contributed by atoms with Crippen molar-refractivity contribution in [1.29, 1.82) is 0 Å². The molecule has 0 heterocycles. The minimum atomic E-state index is -0.441. The minimum Gasteiger partial charge on any atom is -0.465 e. The van der Waals surface area contributed by atoms with Crippen LogP contribution in [-0.2, 0) is 9.53 Å². The van der Waals surface area contributed by atoms with Crippen LogP contribution in [0.25, 0.3) is 0 Å². The summed E-state index contributed by atoms with van der Waals surface area (Å²) in [4.78, 5) is 10.9. The predicted molar refractivity (Wildman–Crippen MR) is 59.7 cm³/mol. The molecule has 0 aromatic carbocycles. The van der Waals surface area contributed by atoms with Gasteiger partial charge in [-0.1, -0.05) is 0 Å². The Labute approximate surface area is 82.5 Å². The largest absolute Gasteiger partial charge is 0.465 e. The van der Waals surface area contributed by atoms with E-state index < -0.39 is 10.0 Å². The summed E-state index contributed by atoms with van der Waals surface area (Å²) >= 11 is 0. The number of carbonyl (C=O) groups excluding carboxylic acids is 1. The normalized spacial score (nSPS) is 12.6. The summed E-state index contributed by atoms with van der Waals surface area (Å²) in [5.74, 6) is 1.01. The van der Waals surface area contributed by atoms with E-state index in [1.165, 1.54) is 5.75 Å². The number of hydrogen-bond donors (Lipinski definition) is 1. The summed E-state index contributed by atoms with van der Waals surface area (Å²) in [6.07, 6.45) is 7.78. The lowest BCUT2D eigenvalue weighted by atomic mass is 10.5. The molecule has 0 aromatic rings. The highest BCUT2D eigenvalue weighted by molar-refractivity contribution is 8.32. The Kier molecular flexibility index (Phi) is 6.16. The van der Waals surface area contributed by atoms with E-state index in [-0.39, 0.29) is 5.97 Å². The molecule has 0 saturated carbocycles. The van der Waals surface area contributed by atoms with Gasteiger partial charge in [-0.15, -0.1) is 0 Å². The Morgan fingerprint density at radius 2 is 2.00 bits per heavy atom. The fourth-order valence-electron chi connectivity index (χ4n) is 0.873. The molecule has 0 spiro atoms. The van der Waals surface area contributed by atoms with Crippen LogP contribution in [0.2, 0.25) is 0 Å². The van der Waals surface area contributed by atoms with Gasteiger partial charge in [-0.3, -0.25) is 4.79 Å². The van der Waals surface area contributed by atoms with E-state index in [0.717, 1.165) is 6.42 Å². The first-order chi connectivity index (χ1) is 5.95. The van der Waals surface area contributed by atoms with Crippen LogP contribution in [0.15, 0.2) is 0 Å². The molecule has 0 amide bonds. The summed E-state index contributed by atoms with van der Waals surface area (Å²) in [5, 5.41) is 2.76. The van der Waals surface area contributed by atoms with Crippen LogP contribution < -0.4 is 5.32 Å². The van der Waals surface area contributed by atoms with Crippen LogP contribution in [0, 0.1) is 0 Å². The maximum absolute atomic E-state index is 10.9. The molecule has 0 rings (SSSR count). The molecule has 1 N–H and O–H groups in total. The third kappa shape index (κ3) is 9.70. The molecular weight excluding hydrogens is 186 g/mol. The molecule has 80 valence electrons. The van der Waals surface area contributed by atoms with Gasteiger partial charge < -0.3 is 10.1 Å². The highest BCUT2D eigenvalue weighted by Gasteiger charge is 2.04. The second-order valence-corrected chi connectivity index (χ2v) is 8.49. The standard InChI is InChI=1S/C9H21NO2S/c1-10-8-9(11)12-6-5-7-13(2,3)4/h10H,5-8H2,1-4H3. The van der Waals surface area contributed by atoms with Gasteiger partial charge in [-0.25, -0.2) is 10.0 Å². The second kappa shape index (κ2) is 6.27. The van der Waals surface area contributed by atoms with Crippen molar-refractivity contribution in [2.75, 3.05) is 44.7 Å². The fourth-order valence-corrected chi connectivity index (χ4v) is 1.86. The van der Waals surface area contributed by atoms with E-state index >= 15 is 0 Å². The van der Waals surface area contributed by atoms with E-state index in [1.54, 1.807) is 7.05 Å². The minimum absolute atomic E-state index is 0.161. The Morgan fingerprint density at radius 1 is 1.38 bits per heavy atom. The average Bonchev–Trinajstić information content (AvgIpc) is 1.97. The number of rotatable bonds is 6. The summed E-state index contributed by atoms with van der Waals surface area (Å²) < 4.78 is 4.99. The fraction of sp³-hybridized carbons (Fsp3) is 0.889. The molecule has 3 nitrogen and oxygen atoms in total. The summed E-state index contributed by atoms with van der Waals surface area (Å²) in [7, 11) is 1.30. The molecular formula is C9H21NO2S. The Morgan fingerprint density at radius 3 is 2.46 bits per heavy atom. The summed E-state index contributed by atoms with van der Waals surface area (Å²) in [6.45, 7) is 0.868. The van der Waals surface area contributed by atoms with Crippen molar-refractivity contribution in [3.63, 3.8) is 0 Å². The molecule has 0 aliphatic rings. The van der Waals surface area contributed by atoms with Gasteiger partial charge in [-0.05, 0) is 38.0 Å². The third-order valence-corrected chi connectivity index (χ3v) is 3.00. The SMILES string of the molecule is CNCC(=O)OCCCS(C)(C)C. The lowest BCUT2D eigenvalue weighted by molar-refractivity contribution is -0.142. The van der Waals surface area contributed by atoms with Crippen LogP contribution in [-0.4, -0.2) is 50.7 Å². The van der Waals surface area contributed by atoms with Gasteiger partial charge in [0.2, 0.25) is 0 Å². The molecule has 0 unspecified atom stereocenters. The van der Waals surface area contributed by atoms with Crippen LogP contribution >= 0.6 is 10.0 Å². The summed E-state index contributed by atoms with van der Waals surface area (Å²) in [6, 6.07) is 0. The van der Waals surface area contributed by atoms with Crippen molar-refractivity contribution in [3.8, 4) is 0 Å². The molecule has 0 saturated heterocycles. The topological polar surface area (TPSA) is 38.3 Å². The zero-order chi connectivity index (χ0) is 10.3. The van der Waals surface area contributed by atoms with Gasteiger partial charge in [0, 0.05) is 0 Å². The average molecular weight is 207 g/mol. The van der Waals surface area contributed by atoms with E-state index in [4.69, 9.17) is 4.74 Å². The monoisotopic (exact) mass is 207 g/mol. The van der Waals surface area contributed by atoms with Crippen molar-refractivity contribution in [3.05, 3.63) is 0 Å². The van der Waals surface area contributed by atoms with Crippen LogP contribution in [0.5, 0.6) is 0 Å². The van der Waals surface area contributed by atoms with Gasteiger partial charge in [-0.2, -0.15) is 0 Å². The van der Waals surface area contributed by atoms with Crippen molar-refractivity contribution < 1.29 is 9.53 Å². The highest BCUT2D eigenvalue weighted by atomic mass is 32.3. The van der Waals surface area contributed by atoms with E-state index in [9.17, 15) is 4.79 Å². The first-order valence-electron chi connectivity index (χ1n) is 4.42. The van der Waals surface area contributed by atoms with E-state index in [2.05, 4.69) is 24.1 Å². The second-order valence-electron chi connectivity index (χ2n) is 3.90. The summed E-state index contributed by atoms with van der Waals surface area (Å²) in [5.41, 5.74) is 0. The molecule has 0 aromatic heterocycles. The molecule has 0 atom stereocenters. The predicted octanol–water partition coefficient (Wildman–Crippen LogP) is 0.833. The first-order valence-corrected chi connectivity index (χ1v) is 7.44. The quantitative estimate of drug-likeness (QED) is 0.518. The van der Waals surface area contributed by atoms with Crippen molar-refractivity contribution in [2.24, 2.45) is 0 Å². The van der Waals surface area contributed by atoms with Crippen molar-refractivity contribution in [1.82, 2.24) is 5.32 Å². The highest BCUT2D eigenvalue weighted by Crippen LogP contribution is 2.34. The molecule has 13 heavy (non-hydrogen) atoms. The van der Waals surface area contributed by atoms with Gasteiger partial charge in [0.25, 0.3) is 0 Å². The number of nitrogens with one attached hydrogen (secondary N) is 1. The Hall–Kier alpha value is -0.220. The van der Waals surface area contributed by atoms with Crippen LogP contribution in [0.1, 0.15) is 6.42 Å². The van der Waals surface area contributed by atoms with E-state index in [1.807, 2.05) is 0 Å². The lowest BCUT2D eigenvalue weighted by Crippen LogP contribution is -2.21. The number of hydrogen-bond acceptors (Lipinski definition) is 3. The third-order valence-electron chi connectivity index (χ3n) is 1.49. The molecule has 0 radical (unpaired) electrons. The maximum Gasteiger partial charge on any atom is 0.319 e. The van der Waals surface area contributed by atoms with Crippen LogP contribution in [0.3, 0.4) is 0 Å². The van der Waals surface area contributed by atoms with Gasteiger partial charge in [0.1, 0.15) is 0 Å². The van der Waals surface area contributed by atoms with Gasteiger partial charge >= 0.3 is 5.97 Å². The molecule has 0 bridgehead atoms. The maximum atomic E-state index is 10.9. The zero-order valence-electron chi connectivity index (χ0n) is 9.05. The Balaban J connectivity index is 3.31.